The summed E-state index contributed by atoms with van der Waals surface area (Å²) < 4.78 is 11.3. The van der Waals surface area contributed by atoms with E-state index in [1.54, 1.807) is 13.2 Å². The molecule has 0 aliphatic heterocycles. The minimum absolute atomic E-state index is 0.156. The number of para-hydroxylation sites is 1. The van der Waals surface area contributed by atoms with E-state index in [1.807, 2.05) is 42.5 Å². The third-order valence-electron chi connectivity index (χ3n) is 4.53. The number of rotatable bonds is 11. The van der Waals surface area contributed by atoms with Gasteiger partial charge >= 0.3 is 0 Å². The van der Waals surface area contributed by atoms with Crippen molar-refractivity contribution in [1.29, 1.82) is 0 Å². The van der Waals surface area contributed by atoms with Crippen LogP contribution in [0.2, 0.25) is 0 Å². The van der Waals surface area contributed by atoms with Crippen molar-refractivity contribution in [2.45, 2.75) is 46.0 Å². The summed E-state index contributed by atoms with van der Waals surface area (Å²) in [5, 5.41) is 2.93. The predicted octanol–water partition coefficient (Wildman–Crippen LogP) is 5.87. The van der Waals surface area contributed by atoms with E-state index < -0.39 is 0 Å². The molecule has 0 spiro atoms. The highest BCUT2D eigenvalue weighted by Crippen LogP contribution is 2.29. The number of methoxy groups -OCH3 is 1. The quantitative estimate of drug-likeness (QED) is 0.391. The summed E-state index contributed by atoms with van der Waals surface area (Å²) in [6.45, 7) is 4.95. The van der Waals surface area contributed by atoms with E-state index in [9.17, 15) is 4.79 Å². The molecule has 0 aliphatic rings. The smallest absolute Gasteiger partial charge is 0.248 e. The predicted molar refractivity (Wildman–Crippen MR) is 116 cm³/mol. The first-order chi connectivity index (χ1) is 13.7. The Morgan fingerprint density at radius 1 is 1.04 bits per heavy atom. The number of hydrogen-bond donors (Lipinski definition) is 1. The first kappa shape index (κ1) is 21.5. The summed E-state index contributed by atoms with van der Waals surface area (Å²) in [6.07, 6.45) is 8.84. The maximum absolute atomic E-state index is 12.2. The van der Waals surface area contributed by atoms with Gasteiger partial charge in [0.1, 0.15) is 0 Å². The lowest BCUT2D eigenvalue weighted by atomic mass is 10.1. The molecule has 2 rings (SSSR count). The van der Waals surface area contributed by atoms with Gasteiger partial charge in [-0.3, -0.25) is 4.79 Å². The number of nitrogens with one attached hydrogen (secondary N) is 1. The largest absolute Gasteiger partial charge is 0.493 e. The molecule has 0 saturated carbocycles. The van der Waals surface area contributed by atoms with Crippen molar-refractivity contribution in [3.8, 4) is 11.5 Å². The summed E-state index contributed by atoms with van der Waals surface area (Å²) in [4.78, 5) is 12.2. The first-order valence-electron chi connectivity index (χ1n) is 10.1. The first-order valence-corrected chi connectivity index (χ1v) is 10.1. The molecule has 0 saturated heterocycles. The van der Waals surface area contributed by atoms with Crippen molar-refractivity contribution in [2.24, 2.45) is 0 Å². The van der Waals surface area contributed by atoms with Crippen LogP contribution in [-0.2, 0) is 11.2 Å². The standard InChI is InChI=1S/C24H31NO3/c1-4-6-7-10-17-28-22-15-13-19(18-23(22)27-3)14-16-24(26)25-21-12-9-8-11-20(21)5-2/h8-9,11-16,18H,4-7,10,17H2,1-3H3,(H,25,26)/b16-14+. The normalized spacial score (nSPS) is 10.8. The van der Waals surface area contributed by atoms with Gasteiger partial charge in [0.2, 0.25) is 5.91 Å². The van der Waals surface area contributed by atoms with Gasteiger partial charge in [-0.2, -0.15) is 0 Å². The van der Waals surface area contributed by atoms with Gasteiger partial charge in [-0.05, 0) is 48.2 Å². The molecule has 0 aromatic heterocycles. The van der Waals surface area contributed by atoms with Crippen molar-refractivity contribution >= 4 is 17.7 Å². The molecular weight excluding hydrogens is 350 g/mol. The van der Waals surface area contributed by atoms with Crippen LogP contribution in [0.25, 0.3) is 6.08 Å². The monoisotopic (exact) mass is 381 g/mol. The maximum atomic E-state index is 12.2. The molecule has 0 heterocycles. The van der Waals surface area contributed by atoms with Gasteiger partial charge in [-0.1, -0.05) is 57.4 Å². The van der Waals surface area contributed by atoms with Crippen LogP contribution in [0.4, 0.5) is 5.69 Å². The lowest BCUT2D eigenvalue weighted by Crippen LogP contribution is -2.09. The fraction of sp³-hybridized carbons (Fsp3) is 0.375. The van der Waals surface area contributed by atoms with Crippen LogP contribution in [-0.4, -0.2) is 19.6 Å². The summed E-state index contributed by atoms with van der Waals surface area (Å²) in [5.74, 6) is 1.25. The van der Waals surface area contributed by atoms with Gasteiger partial charge in [0.25, 0.3) is 0 Å². The van der Waals surface area contributed by atoms with Crippen molar-refractivity contribution in [3.05, 3.63) is 59.7 Å². The molecular formula is C24H31NO3. The van der Waals surface area contributed by atoms with Gasteiger partial charge < -0.3 is 14.8 Å². The van der Waals surface area contributed by atoms with E-state index in [4.69, 9.17) is 9.47 Å². The average molecular weight is 382 g/mol. The number of benzene rings is 2. The molecule has 0 aliphatic carbocycles. The number of aryl methyl sites for hydroxylation is 1. The second kappa shape index (κ2) is 11.9. The third kappa shape index (κ3) is 6.76. The summed E-state index contributed by atoms with van der Waals surface area (Å²) in [5.41, 5.74) is 2.85. The number of anilines is 1. The minimum Gasteiger partial charge on any atom is -0.493 e. The van der Waals surface area contributed by atoms with Crippen molar-refractivity contribution in [3.63, 3.8) is 0 Å². The van der Waals surface area contributed by atoms with Crippen molar-refractivity contribution in [2.75, 3.05) is 19.0 Å². The topological polar surface area (TPSA) is 47.6 Å². The van der Waals surface area contributed by atoms with Gasteiger partial charge in [0.05, 0.1) is 13.7 Å². The highest BCUT2D eigenvalue weighted by atomic mass is 16.5. The Morgan fingerprint density at radius 3 is 2.61 bits per heavy atom. The fourth-order valence-electron chi connectivity index (χ4n) is 2.91. The Labute approximate surface area is 168 Å². The number of carbonyl (C=O) groups is 1. The van der Waals surface area contributed by atoms with E-state index in [0.717, 1.165) is 35.4 Å². The van der Waals surface area contributed by atoms with Crippen LogP contribution >= 0.6 is 0 Å². The molecule has 0 radical (unpaired) electrons. The van der Waals surface area contributed by atoms with Crippen LogP contribution in [0.15, 0.2) is 48.5 Å². The molecule has 0 unspecified atom stereocenters. The molecule has 0 fully saturated rings. The lowest BCUT2D eigenvalue weighted by molar-refractivity contribution is -0.111. The molecule has 2 aromatic carbocycles. The maximum Gasteiger partial charge on any atom is 0.248 e. The molecule has 1 N–H and O–H groups in total. The van der Waals surface area contributed by atoms with E-state index in [2.05, 4.69) is 19.2 Å². The van der Waals surface area contributed by atoms with Crippen LogP contribution in [0.1, 0.15) is 50.7 Å². The van der Waals surface area contributed by atoms with E-state index in [1.165, 1.54) is 25.3 Å². The van der Waals surface area contributed by atoms with E-state index in [0.29, 0.717) is 12.4 Å². The highest BCUT2D eigenvalue weighted by molar-refractivity contribution is 6.02. The SMILES string of the molecule is CCCCCCOc1ccc(/C=C/C(=O)Nc2ccccc2CC)cc1OC. The number of unbranched alkanes of at least 4 members (excludes halogenated alkanes) is 3. The van der Waals surface area contributed by atoms with Crippen molar-refractivity contribution in [1.82, 2.24) is 0 Å². The Hall–Kier alpha value is -2.75. The van der Waals surface area contributed by atoms with Gasteiger partial charge in [-0.25, -0.2) is 0 Å². The zero-order chi connectivity index (χ0) is 20.2. The highest BCUT2D eigenvalue weighted by Gasteiger charge is 2.06. The van der Waals surface area contributed by atoms with Crippen LogP contribution in [0.3, 0.4) is 0 Å². The number of ether oxygens (including phenoxy) is 2. The molecule has 28 heavy (non-hydrogen) atoms. The van der Waals surface area contributed by atoms with Gasteiger partial charge in [0.15, 0.2) is 11.5 Å². The van der Waals surface area contributed by atoms with E-state index in [-0.39, 0.29) is 5.91 Å². The van der Waals surface area contributed by atoms with Crippen LogP contribution in [0, 0.1) is 0 Å². The second-order valence-electron chi connectivity index (χ2n) is 6.65. The van der Waals surface area contributed by atoms with Crippen molar-refractivity contribution < 1.29 is 14.3 Å². The molecule has 150 valence electrons. The Bertz CT molecular complexity index is 783. The summed E-state index contributed by atoms with van der Waals surface area (Å²) in [7, 11) is 1.63. The average Bonchev–Trinajstić information content (AvgIpc) is 2.73. The van der Waals surface area contributed by atoms with Gasteiger partial charge in [-0.15, -0.1) is 0 Å². The molecule has 4 heteroatoms. The van der Waals surface area contributed by atoms with Crippen LogP contribution < -0.4 is 14.8 Å². The number of hydrogen-bond acceptors (Lipinski definition) is 3. The number of carbonyl (C=O) groups excluding carboxylic acids is 1. The van der Waals surface area contributed by atoms with Gasteiger partial charge in [0, 0.05) is 11.8 Å². The number of amides is 1. The zero-order valence-corrected chi connectivity index (χ0v) is 17.2. The molecule has 4 nitrogen and oxygen atoms in total. The molecule has 0 bridgehead atoms. The molecule has 2 aromatic rings. The third-order valence-corrected chi connectivity index (χ3v) is 4.53. The lowest BCUT2D eigenvalue weighted by Gasteiger charge is -2.11. The Morgan fingerprint density at radius 2 is 1.86 bits per heavy atom. The minimum atomic E-state index is -0.156. The second-order valence-corrected chi connectivity index (χ2v) is 6.65. The summed E-state index contributed by atoms with van der Waals surface area (Å²) >= 11 is 0. The Kier molecular flexibility index (Phi) is 9.13. The molecule has 1 amide bonds. The zero-order valence-electron chi connectivity index (χ0n) is 17.2. The fourth-order valence-corrected chi connectivity index (χ4v) is 2.91. The molecule has 0 atom stereocenters. The Balaban J connectivity index is 1.96. The van der Waals surface area contributed by atoms with Crippen LogP contribution in [0.5, 0.6) is 11.5 Å². The van der Waals surface area contributed by atoms with E-state index >= 15 is 0 Å². The summed E-state index contributed by atoms with van der Waals surface area (Å²) in [6, 6.07) is 13.5.